The molecule has 13 aromatic rings. The topological polar surface area (TPSA) is 53.5 Å². The van der Waals surface area contributed by atoms with Crippen molar-refractivity contribution in [3.63, 3.8) is 0 Å². The number of fused-ring (bicyclic) bond motifs is 10. The van der Waals surface area contributed by atoms with E-state index in [2.05, 4.69) is 171 Å². The van der Waals surface area contributed by atoms with Gasteiger partial charge in [0.1, 0.15) is 0 Å². The summed E-state index contributed by atoms with van der Waals surface area (Å²) >= 11 is 0. The molecule has 63 heavy (non-hydrogen) atoms. The van der Waals surface area contributed by atoms with Crippen LogP contribution in [0.15, 0.2) is 218 Å². The van der Waals surface area contributed by atoms with Gasteiger partial charge in [-0.15, -0.1) is 0 Å². The molecule has 4 aromatic heterocycles. The van der Waals surface area contributed by atoms with Gasteiger partial charge in [0.15, 0.2) is 17.5 Å². The second-order valence-corrected chi connectivity index (χ2v) is 16.0. The maximum atomic E-state index is 5.01. The minimum absolute atomic E-state index is 0.630. The van der Waals surface area contributed by atoms with Crippen molar-refractivity contribution in [2.75, 3.05) is 0 Å². The molecule has 0 aliphatic heterocycles. The monoisotopic (exact) mass is 804 g/mol. The molecule has 9 aromatic carbocycles. The van der Waals surface area contributed by atoms with Crippen LogP contribution in [0.4, 0.5) is 0 Å². The molecule has 4 heterocycles. The highest BCUT2D eigenvalue weighted by Gasteiger charge is 2.24. The molecule has 294 valence electrons. The van der Waals surface area contributed by atoms with E-state index in [1.54, 1.807) is 0 Å². The van der Waals surface area contributed by atoms with Crippen LogP contribution in [0.5, 0.6) is 0 Å². The number of aromatic nitrogens is 6. The Morgan fingerprint density at radius 1 is 0.254 bits per heavy atom. The Kier molecular flexibility index (Phi) is 7.80. The first kappa shape index (κ1) is 35.2. The van der Waals surface area contributed by atoms with Crippen LogP contribution in [0.1, 0.15) is 0 Å². The zero-order valence-corrected chi connectivity index (χ0v) is 34.0. The predicted molar refractivity (Wildman–Crippen MR) is 259 cm³/mol. The molecular formula is C57H36N6. The van der Waals surface area contributed by atoms with Crippen LogP contribution in [0, 0.1) is 0 Å². The standard InChI is InChI=1S/C57H36N6/c1-4-17-37(18-5-1)55-58-56(38-19-6-2-7-20-38)60-57(59-55)39-31-33-41(34-32-39)62-48-28-15-12-25-45(48)53-51(62)36-35-43-42-23-10-13-26-46(42)63(54(43)53)50-30-16-29-49-52(50)44-24-11-14-27-47(44)61(49)40-21-8-3-9-22-40/h1-36H. The minimum Gasteiger partial charge on any atom is -0.309 e. The Hall–Kier alpha value is -8.61. The molecule has 6 heteroatoms. The van der Waals surface area contributed by atoms with Crippen LogP contribution in [0.25, 0.3) is 117 Å². The van der Waals surface area contributed by atoms with E-state index in [1.807, 2.05) is 60.7 Å². The van der Waals surface area contributed by atoms with Gasteiger partial charge >= 0.3 is 0 Å². The van der Waals surface area contributed by atoms with Crippen molar-refractivity contribution in [2.45, 2.75) is 0 Å². The van der Waals surface area contributed by atoms with Crippen molar-refractivity contribution in [3.05, 3.63) is 218 Å². The van der Waals surface area contributed by atoms with Crippen LogP contribution >= 0.6 is 0 Å². The fourth-order valence-electron chi connectivity index (χ4n) is 9.78. The second-order valence-electron chi connectivity index (χ2n) is 16.0. The summed E-state index contributed by atoms with van der Waals surface area (Å²) in [5, 5.41) is 7.30. The fraction of sp³-hybridized carbons (Fsp3) is 0. The van der Waals surface area contributed by atoms with E-state index >= 15 is 0 Å². The Morgan fingerprint density at radius 2 is 0.683 bits per heavy atom. The van der Waals surface area contributed by atoms with Crippen molar-refractivity contribution >= 4 is 65.4 Å². The second kappa shape index (κ2) is 14.0. The van der Waals surface area contributed by atoms with E-state index in [9.17, 15) is 0 Å². The van der Waals surface area contributed by atoms with Gasteiger partial charge in [0.2, 0.25) is 0 Å². The molecular weight excluding hydrogens is 769 g/mol. The molecule has 0 saturated carbocycles. The molecule has 0 aliphatic carbocycles. The van der Waals surface area contributed by atoms with Gasteiger partial charge in [-0.1, -0.05) is 146 Å². The van der Waals surface area contributed by atoms with Crippen molar-refractivity contribution < 1.29 is 0 Å². The first-order valence-corrected chi connectivity index (χ1v) is 21.3. The van der Waals surface area contributed by atoms with Gasteiger partial charge in [-0.3, -0.25) is 0 Å². The van der Waals surface area contributed by atoms with Crippen molar-refractivity contribution in [3.8, 4) is 51.2 Å². The molecule has 0 N–H and O–H groups in total. The van der Waals surface area contributed by atoms with Gasteiger partial charge in [-0.2, -0.15) is 0 Å². The van der Waals surface area contributed by atoms with Gasteiger partial charge in [0, 0.05) is 60.4 Å². The van der Waals surface area contributed by atoms with Crippen LogP contribution in [0.2, 0.25) is 0 Å². The lowest BCUT2D eigenvalue weighted by molar-refractivity contribution is 1.07. The highest BCUT2D eigenvalue weighted by molar-refractivity contribution is 6.27. The number of nitrogens with zero attached hydrogens (tertiary/aromatic N) is 6. The van der Waals surface area contributed by atoms with Crippen molar-refractivity contribution in [1.29, 1.82) is 0 Å². The van der Waals surface area contributed by atoms with Crippen molar-refractivity contribution in [2.24, 2.45) is 0 Å². The van der Waals surface area contributed by atoms with Crippen LogP contribution < -0.4 is 0 Å². The summed E-state index contributed by atoms with van der Waals surface area (Å²) in [4.78, 5) is 14.9. The molecule has 0 saturated heterocycles. The summed E-state index contributed by atoms with van der Waals surface area (Å²) < 4.78 is 7.32. The minimum atomic E-state index is 0.630. The van der Waals surface area contributed by atoms with E-state index < -0.39 is 0 Å². The number of hydrogen-bond donors (Lipinski definition) is 0. The maximum absolute atomic E-state index is 5.01. The Bertz CT molecular complexity index is 3820. The molecule has 0 unspecified atom stereocenters. The zero-order chi connectivity index (χ0) is 41.4. The predicted octanol–water partition coefficient (Wildman–Crippen LogP) is 14.2. The lowest BCUT2D eigenvalue weighted by atomic mass is 10.1. The summed E-state index contributed by atoms with van der Waals surface area (Å²) in [6.45, 7) is 0. The number of benzene rings is 9. The largest absolute Gasteiger partial charge is 0.309 e. The van der Waals surface area contributed by atoms with E-state index in [4.69, 9.17) is 15.0 Å². The highest BCUT2D eigenvalue weighted by Crippen LogP contribution is 2.44. The molecule has 0 amide bonds. The van der Waals surface area contributed by atoms with Crippen LogP contribution in [0.3, 0.4) is 0 Å². The third-order valence-corrected chi connectivity index (χ3v) is 12.5. The molecule has 0 radical (unpaired) electrons. The summed E-state index contributed by atoms with van der Waals surface area (Å²) in [5.41, 5.74) is 13.2. The smallest absolute Gasteiger partial charge is 0.164 e. The Labute approximate surface area is 362 Å². The quantitative estimate of drug-likeness (QED) is 0.168. The maximum Gasteiger partial charge on any atom is 0.164 e. The van der Waals surface area contributed by atoms with E-state index in [0.29, 0.717) is 17.5 Å². The van der Waals surface area contributed by atoms with Gasteiger partial charge in [0.05, 0.1) is 38.8 Å². The lowest BCUT2D eigenvalue weighted by Gasteiger charge is -2.13. The number of para-hydroxylation sites is 4. The average Bonchev–Trinajstić information content (AvgIpc) is 4.01. The first-order chi connectivity index (χ1) is 31.3. The molecule has 0 aliphatic rings. The van der Waals surface area contributed by atoms with Gasteiger partial charge in [-0.05, 0) is 72.8 Å². The van der Waals surface area contributed by atoms with Crippen LogP contribution in [-0.4, -0.2) is 28.7 Å². The van der Waals surface area contributed by atoms with Gasteiger partial charge < -0.3 is 13.7 Å². The SMILES string of the molecule is c1ccc(-c2nc(-c3ccccc3)nc(-c3ccc(-n4c5ccccc5c5c4ccc4c6ccccc6n(-c6cccc7c6c6ccccc6n7-c6ccccc6)c45)cc3)n2)cc1. The Balaban J connectivity index is 1.04. The molecule has 0 atom stereocenters. The molecule has 13 rings (SSSR count). The van der Waals surface area contributed by atoms with Crippen LogP contribution in [-0.2, 0) is 0 Å². The highest BCUT2D eigenvalue weighted by atomic mass is 15.0. The lowest BCUT2D eigenvalue weighted by Crippen LogP contribution is -2.00. The third-order valence-electron chi connectivity index (χ3n) is 12.5. The summed E-state index contributed by atoms with van der Waals surface area (Å²) in [7, 11) is 0. The zero-order valence-electron chi connectivity index (χ0n) is 34.0. The summed E-state index contributed by atoms with van der Waals surface area (Å²) in [6, 6.07) is 77.4. The van der Waals surface area contributed by atoms with Gasteiger partial charge in [0.25, 0.3) is 0 Å². The fourth-order valence-corrected chi connectivity index (χ4v) is 9.78. The third kappa shape index (κ3) is 5.41. The molecule has 0 bridgehead atoms. The normalized spacial score (nSPS) is 11.8. The molecule has 6 nitrogen and oxygen atoms in total. The summed E-state index contributed by atoms with van der Waals surface area (Å²) in [5.74, 6) is 1.92. The first-order valence-electron chi connectivity index (χ1n) is 21.3. The number of hydrogen-bond acceptors (Lipinski definition) is 3. The van der Waals surface area contributed by atoms with E-state index in [1.165, 1.54) is 54.4 Å². The summed E-state index contributed by atoms with van der Waals surface area (Å²) in [6.07, 6.45) is 0. The average molecular weight is 805 g/mol. The van der Waals surface area contributed by atoms with Gasteiger partial charge in [-0.25, -0.2) is 15.0 Å². The van der Waals surface area contributed by atoms with E-state index in [-0.39, 0.29) is 0 Å². The Morgan fingerprint density at radius 3 is 1.27 bits per heavy atom. The number of rotatable bonds is 6. The molecule has 0 fully saturated rings. The molecule has 0 spiro atoms. The van der Waals surface area contributed by atoms with Crippen molar-refractivity contribution in [1.82, 2.24) is 28.7 Å². The van der Waals surface area contributed by atoms with E-state index in [0.717, 1.165) is 44.8 Å².